The molecule has 0 saturated carbocycles. The first-order chi connectivity index (χ1) is 15.7. The molecule has 2 aromatic rings. The van der Waals surface area contributed by atoms with Crippen LogP contribution in [0.4, 0.5) is 0 Å². The normalized spacial score (nSPS) is 23.9. The average molecular weight is 464 g/mol. The summed E-state index contributed by atoms with van der Waals surface area (Å²) in [6.45, 7) is -1.00. The molecule has 0 aliphatic heterocycles. The number of hydrogen-bond donors (Lipinski definition) is 4. The van der Waals surface area contributed by atoms with Crippen molar-refractivity contribution >= 4 is 5.97 Å². The lowest BCUT2D eigenvalue weighted by molar-refractivity contribution is -0.181. The van der Waals surface area contributed by atoms with Crippen molar-refractivity contribution in [2.24, 2.45) is 5.92 Å². The molecule has 0 amide bonds. The summed E-state index contributed by atoms with van der Waals surface area (Å²) in [4.78, 5) is 12.5. The monoisotopic (exact) mass is 464 g/mol. The highest BCUT2D eigenvalue weighted by Crippen LogP contribution is 2.54. The third-order valence-corrected chi connectivity index (χ3v) is 6.13. The van der Waals surface area contributed by atoms with Crippen LogP contribution in [0.25, 0.3) is 0 Å². The number of aliphatic carboxylic acids is 1. The Balaban J connectivity index is 2.42. The molecule has 10 nitrogen and oxygen atoms in total. The summed E-state index contributed by atoms with van der Waals surface area (Å²) in [6.07, 6.45) is -1.71. The highest BCUT2D eigenvalue weighted by molar-refractivity contribution is 5.76. The van der Waals surface area contributed by atoms with Crippen LogP contribution in [0.2, 0.25) is 0 Å². The summed E-state index contributed by atoms with van der Waals surface area (Å²) in [5.41, 5.74) is -1.44. The van der Waals surface area contributed by atoms with Gasteiger partial charge in [0.15, 0.2) is 23.0 Å². The van der Waals surface area contributed by atoms with E-state index in [1.807, 2.05) is 0 Å². The van der Waals surface area contributed by atoms with Crippen LogP contribution >= 0.6 is 0 Å². The number of aliphatic hydroxyl groups is 3. The van der Waals surface area contributed by atoms with Crippen molar-refractivity contribution in [1.82, 2.24) is 0 Å². The van der Waals surface area contributed by atoms with E-state index in [1.54, 1.807) is 18.2 Å². The van der Waals surface area contributed by atoms with E-state index in [0.29, 0.717) is 22.6 Å². The number of aliphatic hydroxyl groups excluding tert-OH is 2. The molecule has 4 unspecified atom stereocenters. The van der Waals surface area contributed by atoms with Gasteiger partial charge in [0.2, 0.25) is 5.75 Å². The Morgan fingerprint density at radius 1 is 0.848 bits per heavy atom. The Morgan fingerprint density at radius 2 is 1.33 bits per heavy atom. The average Bonchev–Trinajstić information content (AvgIpc) is 2.83. The van der Waals surface area contributed by atoms with Gasteiger partial charge in [0, 0.05) is 5.92 Å². The van der Waals surface area contributed by atoms with Gasteiger partial charge in [-0.2, -0.15) is 0 Å². The quantitative estimate of drug-likeness (QED) is 0.452. The second kappa shape index (κ2) is 9.34. The van der Waals surface area contributed by atoms with Gasteiger partial charge in [0.25, 0.3) is 0 Å². The van der Waals surface area contributed by atoms with Gasteiger partial charge < -0.3 is 44.1 Å². The van der Waals surface area contributed by atoms with Gasteiger partial charge >= 0.3 is 5.97 Å². The van der Waals surface area contributed by atoms with Crippen molar-refractivity contribution in [3.63, 3.8) is 0 Å². The van der Waals surface area contributed by atoms with E-state index < -0.39 is 36.1 Å². The molecule has 4 atom stereocenters. The lowest BCUT2D eigenvalue weighted by Gasteiger charge is -2.46. The van der Waals surface area contributed by atoms with E-state index in [4.69, 9.17) is 23.7 Å². The van der Waals surface area contributed by atoms with Crippen LogP contribution in [-0.4, -0.2) is 74.2 Å². The van der Waals surface area contributed by atoms with Crippen LogP contribution in [-0.2, 0) is 4.79 Å². The molecule has 0 bridgehead atoms. The maximum atomic E-state index is 12.5. The molecular formula is C23H28O10. The maximum absolute atomic E-state index is 12.5. The zero-order valence-electron chi connectivity index (χ0n) is 19.0. The van der Waals surface area contributed by atoms with Crippen LogP contribution in [0.5, 0.6) is 28.7 Å². The molecule has 1 aliphatic carbocycles. The van der Waals surface area contributed by atoms with Gasteiger partial charge in [-0.3, -0.25) is 4.79 Å². The van der Waals surface area contributed by atoms with Crippen molar-refractivity contribution in [1.29, 1.82) is 0 Å². The number of benzene rings is 2. The minimum atomic E-state index is -2.40. The summed E-state index contributed by atoms with van der Waals surface area (Å²) in [5, 5.41) is 42.4. The lowest BCUT2D eigenvalue weighted by Crippen LogP contribution is -2.55. The van der Waals surface area contributed by atoms with Gasteiger partial charge in [0.1, 0.15) is 17.6 Å². The number of fused-ring (bicyclic) bond motifs is 1. The molecule has 0 spiro atoms. The van der Waals surface area contributed by atoms with E-state index >= 15 is 0 Å². The molecule has 0 heterocycles. The standard InChI is InChI=1S/C23H28O10/c1-29-14-8-12-13(9-15(14)30-2)21(25)23(28,10-24)19(22(26)27)18(12)11-6-16(31-3)20(33-5)17(7-11)32-4/h6-9,18-19,21,24-25,28H,10H2,1-5H3,(H,26,27). The first-order valence-electron chi connectivity index (χ1n) is 10.0. The van der Waals surface area contributed by atoms with E-state index in [9.17, 15) is 25.2 Å². The first kappa shape index (κ1) is 24.4. The molecule has 10 heteroatoms. The Labute approximate surface area is 190 Å². The zero-order valence-corrected chi connectivity index (χ0v) is 19.0. The van der Waals surface area contributed by atoms with Crippen molar-refractivity contribution in [3.8, 4) is 28.7 Å². The van der Waals surface area contributed by atoms with Crippen molar-refractivity contribution in [2.45, 2.75) is 17.6 Å². The van der Waals surface area contributed by atoms with Gasteiger partial charge in [-0.15, -0.1) is 0 Å². The van der Waals surface area contributed by atoms with E-state index in [1.165, 1.54) is 41.6 Å². The zero-order chi connectivity index (χ0) is 24.5. The smallest absolute Gasteiger partial charge is 0.310 e. The van der Waals surface area contributed by atoms with Gasteiger partial charge in [-0.1, -0.05) is 0 Å². The third kappa shape index (κ3) is 3.79. The minimum Gasteiger partial charge on any atom is -0.493 e. The first-order valence-corrected chi connectivity index (χ1v) is 10.0. The molecule has 33 heavy (non-hydrogen) atoms. The minimum absolute atomic E-state index is 0.195. The fraction of sp³-hybridized carbons (Fsp3) is 0.435. The number of methoxy groups -OCH3 is 5. The highest BCUT2D eigenvalue weighted by Gasteiger charge is 2.57. The Hall–Kier alpha value is -3.21. The SMILES string of the molecule is COc1cc2c(cc1OC)C(O)C(O)(CO)C(C(=O)O)C2c1cc(OC)c(OC)c(OC)c1. The Kier molecular flexibility index (Phi) is 6.92. The summed E-state index contributed by atoms with van der Waals surface area (Å²) in [5.74, 6) is -2.65. The summed E-state index contributed by atoms with van der Waals surface area (Å²) in [7, 11) is 7.12. The molecule has 1 aliphatic rings. The lowest BCUT2D eigenvalue weighted by atomic mass is 9.62. The van der Waals surface area contributed by atoms with Crippen molar-refractivity contribution < 1.29 is 48.9 Å². The Morgan fingerprint density at radius 3 is 1.73 bits per heavy atom. The largest absolute Gasteiger partial charge is 0.493 e. The van der Waals surface area contributed by atoms with E-state index in [-0.39, 0.29) is 22.8 Å². The fourth-order valence-corrected chi connectivity index (χ4v) is 4.52. The number of rotatable bonds is 8. The van der Waals surface area contributed by atoms with Crippen molar-refractivity contribution in [3.05, 3.63) is 41.0 Å². The van der Waals surface area contributed by atoms with Gasteiger partial charge in [-0.25, -0.2) is 0 Å². The second-order valence-corrected chi connectivity index (χ2v) is 7.64. The maximum Gasteiger partial charge on any atom is 0.310 e. The molecule has 0 radical (unpaired) electrons. The Bertz CT molecular complexity index is 1010. The predicted octanol–water partition coefficient (Wildman–Crippen LogP) is 1.33. The van der Waals surface area contributed by atoms with Crippen LogP contribution in [0.15, 0.2) is 24.3 Å². The van der Waals surface area contributed by atoms with Crippen LogP contribution < -0.4 is 23.7 Å². The molecule has 0 aromatic heterocycles. The van der Waals surface area contributed by atoms with E-state index in [2.05, 4.69) is 0 Å². The topological polar surface area (TPSA) is 144 Å². The number of carboxylic acid groups (broad SMARTS) is 1. The van der Waals surface area contributed by atoms with Gasteiger partial charge in [-0.05, 0) is 41.0 Å². The summed E-state index contributed by atoms with van der Waals surface area (Å²) >= 11 is 0. The number of carboxylic acids is 1. The number of hydrogen-bond acceptors (Lipinski definition) is 9. The molecule has 4 N–H and O–H groups in total. The molecule has 0 saturated heterocycles. The predicted molar refractivity (Wildman–Crippen MR) is 116 cm³/mol. The van der Waals surface area contributed by atoms with Crippen LogP contribution in [0.3, 0.4) is 0 Å². The van der Waals surface area contributed by atoms with E-state index in [0.717, 1.165) is 0 Å². The molecule has 0 fully saturated rings. The summed E-state index contributed by atoms with van der Waals surface area (Å²) < 4.78 is 26.9. The summed E-state index contributed by atoms with van der Waals surface area (Å²) in [6, 6.07) is 6.15. The fourth-order valence-electron chi connectivity index (χ4n) is 4.52. The molecule has 2 aromatic carbocycles. The van der Waals surface area contributed by atoms with Crippen LogP contribution in [0.1, 0.15) is 28.7 Å². The second-order valence-electron chi connectivity index (χ2n) is 7.64. The third-order valence-electron chi connectivity index (χ3n) is 6.13. The number of carbonyl (C=O) groups is 1. The van der Waals surface area contributed by atoms with Crippen molar-refractivity contribution in [2.75, 3.05) is 42.2 Å². The highest BCUT2D eigenvalue weighted by atomic mass is 16.5. The molecule has 3 rings (SSSR count). The molecule has 180 valence electrons. The number of ether oxygens (including phenoxy) is 5. The van der Waals surface area contributed by atoms with Gasteiger partial charge in [0.05, 0.1) is 42.2 Å². The molecular weight excluding hydrogens is 436 g/mol. The van der Waals surface area contributed by atoms with Crippen LogP contribution in [0, 0.1) is 5.92 Å².